The Balaban J connectivity index is 1.74. The normalized spacial score (nSPS) is 21.3. The third-order valence-corrected chi connectivity index (χ3v) is 4.31. The zero-order chi connectivity index (χ0) is 16.4. The average Bonchev–Trinajstić information content (AvgIpc) is 2.96. The number of hydrogen-bond donors (Lipinski definition) is 0. The lowest BCUT2D eigenvalue weighted by atomic mass is 10.2. The van der Waals surface area contributed by atoms with Crippen LogP contribution in [0.4, 0.5) is 20.6 Å². The molecule has 0 radical (unpaired) electrons. The zero-order valence-electron chi connectivity index (χ0n) is 13.0. The highest BCUT2D eigenvalue weighted by Gasteiger charge is 2.32. The predicted molar refractivity (Wildman–Crippen MR) is 84.7 cm³/mol. The van der Waals surface area contributed by atoms with E-state index in [1.54, 1.807) is 17.1 Å². The first kappa shape index (κ1) is 15.4. The molecular formula is C16H19FN4O2. The second-order valence-corrected chi connectivity index (χ2v) is 5.70. The van der Waals surface area contributed by atoms with Crippen molar-refractivity contribution in [2.24, 2.45) is 0 Å². The fourth-order valence-electron chi connectivity index (χ4n) is 2.90. The van der Waals surface area contributed by atoms with Gasteiger partial charge < -0.3 is 9.64 Å². The smallest absolute Gasteiger partial charge is 0.414 e. The third kappa shape index (κ3) is 3.02. The van der Waals surface area contributed by atoms with Crippen molar-refractivity contribution in [1.29, 1.82) is 0 Å². The Morgan fingerprint density at radius 1 is 1.35 bits per heavy atom. The summed E-state index contributed by atoms with van der Waals surface area (Å²) in [4.78, 5) is 18.6. The van der Waals surface area contributed by atoms with Crippen LogP contribution in [0.3, 0.4) is 0 Å². The van der Waals surface area contributed by atoms with Gasteiger partial charge in [0.25, 0.3) is 0 Å². The number of ether oxygens (including phenoxy) is 1. The number of halogens is 1. The van der Waals surface area contributed by atoms with Gasteiger partial charge in [-0.1, -0.05) is 6.92 Å². The second-order valence-electron chi connectivity index (χ2n) is 5.70. The predicted octanol–water partition coefficient (Wildman–Crippen LogP) is 2.52. The van der Waals surface area contributed by atoms with E-state index in [9.17, 15) is 9.18 Å². The molecule has 2 saturated heterocycles. The lowest BCUT2D eigenvalue weighted by molar-refractivity contribution is 0.139. The van der Waals surface area contributed by atoms with Crippen molar-refractivity contribution in [3.05, 3.63) is 35.5 Å². The average molecular weight is 318 g/mol. The molecule has 2 fully saturated rings. The van der Waals surface area contributed by atoms with E-state index in [4.69, 9.17) is 11.3 Å². The quantitative estimate of drug-likeness (QED) is 0.803. The summed E-state index contributed by atoms with van der Waals surface area (Å²) in [6.07, 6.45) is 0.190. The highest BCUT2D eigenvalue weighted by atomic mass is 19.1. The third-order valence-electron chi connectivity index (χ3n) is 4.31. The number of cyclic esters (lactones) is 1. The monoisotopic (exact) mass is 318 g/mol. The number of nitrogens with zero attached hydrogens (tertiary/aromatic N) is 4. The van der Waals surface area contributed by atoms with Crippen molar-refractivity contribution in [2.75, 3.05) is 42.5 Å². The van der Waals surface area contributed by atoms with E-state index in [0.717, 1.165) is 6.42 Å². The van der Waals surface area contributed by atoms with Crippen LogP contribution in [0.1, 0.15) is 13.3 Å². The van der Waals surface area contributed by atoms with Gasteiger partial charge in [0.2, 0.25) is 0 Å². The van der Waals surface area contributed by atoms with E-state index in [-0.39, 0.29) is 11.9 Å². The molecule has 7 heteroatoms. The number of carbonyl (C=O) groups is 1. The molecule has 0 aromatic heterocycles. The molecule has 3 rings (SSSR count). The van der Waals surface area contributed by atoms with E-state index in [0.29, 0.717) is 44.1 Å². The van der Waals surface area contributed by atoms with Gasteiger partial charge in [0, 0.05) is 13.1 Å². The number of amides is 1. The molecule has 6 nitrogen and oxygen atoms in total. The molecule has 1 unspecified atom stereocenters. The molecule has 1 atom stereocenters. The van der Waals surface area contributed by atoms with Crippen molar-refractivity contribution in [3.63, 3.8) is 0 Å². The van der Waals surface area contributed by atoms with E-state index >= 15 is 0 Å². The topological polar surface area (TPSA) is 40.4 Å². The second kappa shape index (κ2) is 6.32. The summed E-state index contributed by atoms with van der Waals surface area (Å²) in [5.74, 6) is -0.355. The van der Waals surface area contributed by atoms with Gasteiger partial charge in [-0.25, -0.2) is 9.18 Å². The first-order chi connectivity index (χ1) is 11.1. The number of hydrogen-bond acceptors (Lipinski definition) is 4. The van der Waals surface area contributed by atoms with E-state index in [1.807, 2.05) is 11.8 Å². The number of rotatable bonds is 3. The molecule has 0 bridgehead atoms. The Morgan fingerprint density at radius 2 is 2.09 bits per heavy atom. The molecule has 2 heterocycles. The molecule has 0 saturated carbocycles. The molecule has 23 heavy (non-hydrogen) atoms. The Morgan fingerprint density at radius 3 is 2.65 bits per heavy atom. The Hall–Kier alpha value is -2.49. The summed E-state index contributed by atoms with van der Waals surface area (Å²) in [6, 6.07) is 4.83. The number of piperazine rings is 1. The molecule has 2 aliphatic heterocycles. The van der Waals surface area contributed by atoms with Crippen molar-refractivity contribution in [2.45, 2.75) is 19.4 Å². The standard InChI is InChI=1S/C16H19FN4O2/c1-3-13-11-21(16(22)23-13)12-4-5-15(14(17)10-12)19-6-8-20(18-2)9-7-19/h4-5,10,13H,3,6-9,11H2,1H3. The van der Waals surface area contributed by atoms with Crippen molar-refractivity contribution in [3.8, 4) is 0 Å². The van der Waals surface area contributed by atoms with Crippen LogP contribution >= 0.6 is 0 Å². The van der Waals surface area contributed by atoms with Crippen LogP contribution in [-0.2, 0) is 4.74 Å². The van der Waals surface area contributed by atoms with Crippen molar-refractivity contribution in [1.82, 2.24) is 5.01 Å². The molecule has 0 aliphatic carbocycles. The lowest BCUT2D eigenvalue weighted by Gasteiger charge is -2.31. The maximum atomic E-state index is 14.5. The number of benzene rings is 1. The van der Waals surface area contributed by atoms with Crippen LogP contribution < -0.4 is 9.80 Å². The first-order valence-electron chi connectivity index (χ1n) is 7.77. The number of anilines is 2. The largest absolute Gasteiger partial charge is 0.444 e. The minimum Gasteiger partial charge on any atom is -0.444 e. The van der Waals surface area contributed by atoms with Gasteiger partial charge >= 0.3 is 6.09 Å². The fourth-order valence-corrected chi connectivity index (χ4v) is 2.90. The lowest BCUT2D eigenvalue weighted by Crippen LogP contribution is -2.43. The molecule has 1 amide bonds. The Labute approximate surface area is 134 Å². The molecule has 2 aliphatic rings. The summed E-state index contributed by atoms with van der Waals surface area (Å²) in [5, 5.41) is 1.65. The summed E-state index contributed by atoms with van der Waals surface area (Å²) in [7, 11) is 0. The van der Waals surface area contributed by atoms with E-state index in [2.05, 4.69) is 4.95 Å². The fraction of sp³-hybridized carbons (Fsp3) is 0.500. The van der Waals surface area contributed by atoms with Crippen molar-refractivity contribution < 1.29 is 13.9 Å². The molecule has 122 valence electrons. The van der Waals surface area contributed by atoms with E-state index in [1.165, 1.54) is 11.0 Å². The van der Waals surface area contributed by atoms with Gasteiger partial charge in [-0.2, -0.15) is 11.5 Å². The zero-order valence-corrected chi connectivity index (χ0v) is 13.0. The molecular weight excluding hydrogens is 299 g/mol. The molecule has 0 spiro atoms. The maximum Gasteiger partial charge on any atom is 0.414 e. The molecule has 1 aromatic rings. The van der Waals surface area contributed by atoms with Crippen LogP contribution in [0.15, 0.2) is 18.2 Å². The Kier molecular flexibility index (Phi) is 4.24. The minimum atomic E-state index is -0.422. The summed E-state index contributed by atoms with van der Waals surface area (Å²) < 4.78 is 19.7. The molecule has 0 N–H and O–H groups in total. The Bertz CT molecular complexity index is 637. The summed E-state index contributed by atoms with van der Waals surface area (Å²) in [5.41, 5.74) is 1.03. The SMILES string of the molecule is [C-]#[N+]N1CCN(c2ccc(N3CC(CC)OC3=O)cc2F)CC1. The van der Waals surface area contributed by atoms with Crippen LogP contribution in [0.5, 0.6) is 0 Å². The minimum absolute atomic E-state index is 0.132. The summed E-state index contributed by atoms with van der Waals surface area (Å²) in [6.45, 7) is 11.8. The van der Waals surface area contributed by atoms with Crippen LogP contribution in [0.2, 0.25) is 0 Å². The highest BCUT2D eigenvalue weighted by molar-refractivity contribution is 5.90. The first-order valence-corrected chi connectivity index (χ1v) is 7.77. The van der Waals surface area contributed by atoms with Crippen LogP contribution in [0.25, 0.3) is 4.95 Å². The van der Waals surface area contributed by atoms with Gasteiger partial charge in [-0.15, -0.1) is 5.01 Å². The van der Waals surface area contributed by atoms with Gasteiger partial charge in [0.15, 0.2) is 0 Å². The highest BCUT2D eigenvalue weighted by Crippen LogP contribution is 2.29. The van der Waals surface area contributed by atoms with Gasteiger partial charge in [-0.05, 0) is 24.6 Å². The van der Waals surface area contributed by atoms with Gasteiger partial charge in [0.1, 0.15) is 25.0 Å². The van der Waals surface area contributed by atoms with Gasteiger partial charge in [0.05, 0.1) is 17.9 Å². The van der Waals surface area contributed by atoms with Crippen molar-refractivity contribution >= 4 is 17.5 Å². The van der Waals surface area contributed by atoms with Crippen LogP contribution in [-0.4, -0.2) is 49.9 Å². The van der Waals surface area contributed by atoms with E-state index < -0.39 is 6.09 Å². The number of carbonyl (C=O) groups excluding carboxylic acids is 1. The molecule has 1 aromatic carbocycles. The maximum absolute atomic E-state index is 14.5. The van der Waals surface area contributed by atoms with Crippen LogP contribution in [0, 0.1) is 12.4 Å². The van der Waals surface area contributed by atoms with Gasteiger partial charge in [-0.3, -0.25) is 4.90 Å². The summed E-state index contributed by atoms with van der Waals surface area (Å²) >= 11 is 0.